The van der Waals surface area contributed by atoms with Gasteiger partial charge in [-0.2, -0.15) is 0 Å². The number of thiophene rings is 1. The lowest BCUT2D eigenvalue weighted by atomic mass is 9.87. The standard InChI is InChI=1S/C21H26N2O2S/c1-6-16-13(2)26-20(18(16)19(22)25)23-17(24)12-9-14-7-10-15(11-8-14)21(3,4)5/h7-12H,6H2,1-5H3,(H2,22,25)(H,23,24)/b12-9+. The van der Waals surface area contributed by atoms with Crippen LogP contribution >= 0.6 is 11.3 Å². The molecule has 26 heavy (non-hydrogen) atoms. The van der Waals surface area contributed by atoms with Gasteiger partial charge in [-0.05, 0) is 41.5 Å². The van der Waals surface area contributed by atoms with Crippen LogP contribution in [-0.2, 0) is 16.6 Å². The molecule has 4 nitrogen and oxygen atoms in total. The third kappa shape index (κ3) is 4.61. The molecule has 138 valence electrons. The van der Waals surface area contributed by atoms with E-state index >= 15 is 0 Å². The number of hydrogen-bond donors (Lipinski definition) is 2. The van der Waals surface area contributed by atoms with Crippen molar-refractivity contribution < 1.29 is 9.59 Å². The molecule has 0 fully saturated rings. The zero-order valence-corrected chi connectivity index (χ0v) is 16.8. The summed E-state index contributed by atoms with van der Waals surface area (Å²) in [6.45, 7) is 10.4. The second-order valence-electron chi connectivity index (χ2n) is 7.25. The van der Waals surface area contributed by atoms with Gasteiger partial charge >= 0.3 is 0 Å². The molecule has 5 heteroatoms. The summed E-state index contributed by atoms with van der Waals surface area (Å²) in [5.41, 5.74) is 9.10. The molecular formula is C21H26N2O2S. The van der Waals surface area contributed by atoms with E-state index < -0.39 is 5.91 Å². The van der Waals surface area contributed by atoms with E-state index in [1.807, 2.05) is 26.0 Å². The first-order chi connectivity index (χ1) is 12.1. The first-order valence-corrected chi connectivity index (χ1v) is 9.46. The molecule has 0 radical (unpaired) electrons. The minimum Gasteiger partial charge on any atom is -0.365 e. The second kappa shape index (κ2) is 7.87. The highest BCUT2D eigenvalue weighted by Gasteiger charge is 2.19. The van der Waals surface area contributed by atoms with E-state index in [4.69, 9.17) is 5.73 Å². The average molecular weight is 371 g/mol. The molecule has 1 aromatic heterocycles. The van der Waals surface area contributed by atoms with Gasteiger partial charge in [-0.1, -0.05) is 52.0 Å². The largest absolute Gasteiger partial charge is 0.365 e. The maximum absolute atomic E-state index is 12.3. The van der Waals surface area contributed by atoms with Crippen LogP contribution < -0.4 is 11.1 Å². The highest BCUT2D eigenvalue weighted by Crippen LogP contribution is 2.33. The number of nitrogens with one attached hydrogen (secondary N) is 1. The first-order valence-electron chi connectivity index (χ1n) is 8.65. The molecule has 1 aromatic carbocycles. The number of anilines is 1. The fourth-order valence-electron chi connectivity index (χ4n) is 2.77. The maximum atomic E-state index is 12.3. The molecular weight excluding hydrogens is 344 g/mol. The lowest BCUT2D eigenvalue weighted by Crippen LogP contribution is -2.16. The minimum absolute atomic E-state index is 0.0960. The van der Waals surface area contributed by atoms with Crippen molar-refractivity contribution in [1.82, 2.24) is 0 Å². The summed E-state index contributed by atoms with van der Waals surface area (Å²) < 4.78 is 0. The Morgan fingerprint density at radius 1 is 1.19 bits per heavy atom. The Hall–Kier alpha value is -2.40. The van der Waals surface area contributed by atoms with Crippen molar-refractivity contribution in [2.75, 3.05) is 5.32 Å². The summed E-state index contributed by atoms with van der Waals surface area (Å²) in [5.74, 6) is -0.792. The molecule has 0 aliphatic heterocycles. The van der Waals surface area contributed by atoms with Gasteiger partial charge in [-0.25, -0.2) is 0 Å². The Morgan fingerprint density at radius 3 is 2.31 bits per heavy atom. The van der Waals surface area contributed by atoms with Crippen molar-refractivity contribution in [2.24, 2.45) is 5.73 Å². The Balaban J connectivity index is 2.14. The van der Waals surface area contributed by atoms with Crippen LogP contribution in [0.15, 0.2) is 30.3 Å². The van der Waals surface area contributed by atoms with Crippen molar-refractivity contribution in [3.8, 4) is 0 Å². The zero-order valence-electron chi connectivity index (χ0n) is 16.0. The number of primary amides is 1. The molecule has 0 saturated carbocycles. The predicted octanol–water partition coefficient (Wildman–Crippen LogP) is 4.67. The number of amides is 2. The van der Waals surface area contributed by atoms with Crippen molar-refractivity contribution >= 4 is 34.2 Å². The van der Waals surface area contributed by atoms with E-state index in [-0.39, 0.29) is 11.3 Å². The van der Waals surface area contributed by atoms with Gasteiger partial charge in [-0.15, -0.1) is 11.3 Å². The molecule has 2 amide bonds. The normalized spacial score (nSPS) is 11.7. The molecule has 0 spiro atoms. The third-order valence-electron chi connectivity index (χ3n) is 4.25. The van der Waals surface area contributed by atoms with Crippen LogP contribution in [0, 0.1) is 6.92 Å². The van der Waals surface area contributed by atoms with E-state index in [1.54, 1.807) is 6.08 Å². The summed E-state index contributed by atoms with van der Waals surface area (Å²) >= 11 is 1.38. The van der Waals surface area contributed by atoms with Crippen LogP contribution in [0.2, 0.25) is 0 Å². The van der Waals surface area contributed by atoms with E-state index in [2.05, 4.69) is 38.2 Å². The number of carbonyl (C=O) groups excluding carboxylic acids is 2. The molecule has 0 aliphatic carbocycles. The molecule has 3 N–H and O–H groups in total. The molecule has 0 aliphatic rings. The molecule has 0 atom stereocenters. The molecule has 2 aromatic rings. The van der Waals surface area contributed by atoms with Gasteiger partial charge in [0.2, 0.25) is 5.91 Å². The lowest BCUT2D eigenvalue weighted by molar-refractivity contribution is -0.111. The highest BCUT2D eigenvalue weighted by molar-refractivity contribution is 7.16. The minimum atomic E-state index is -0.511. The third-order valence-corrected chi connectivity index (χ3v) is 5.31. The van der Waals surface area contributed by atoms with E-state index in [0.717, 1.165) is 16.0 Å². The monoisotopic (exact) mass is 370 g/mol. The van der Waals surface area contributed by atoms with Gasteiger partial charge in [0.05, 0.1) is 5.56 Å². The van der Waals surface area contributed by atoms with Crippen LogP contribution in [-0.4, -0.2) is 11.8 Å². The quantitative estimate of drug-likeness (QED) is 0.751. The number of rotatable bonds is 5. The maximum Gasteiger partial charge on any atom is 0.251 e. The van der Waals surface area contributed by atoms with Crippen LogP contribution in [0.25, 0.3) is 6.08 Å². The Morgan fingerprint density at radius 2 is 1.81 bits per heavy atom. The number of carbonyl (C=O) groups is 2. The van der Waals surface area contributed by atoms with Crippen molar-refractivity contribution in [2.45, 2.75) is 46.5 Å². The predicted molar refractivity (Wildman–Crippen MR) is 110 cm³/mol. The lowest BCUT2D eigenvalue weighted by Gasteiger charge is -2.18. The topological polar surface area (TPSA) is 72.2 Å². The van der Waals surface area contributed by atoms with E-state index in [1.165, 1.54) is 23.0 Å². The van der Waals surface area contributed by atoms with Crippen LogP contribution in [0.1, 0.15) is 59.6 Å². The molecule has 0 unspecified atom stereocenters. The van der Waals surface area contributed by atoms with Crippen LogP contribution in [0.4, 0.5) is 5.00 Å². The molecule has 0 saturated heterocycles. The van der Waals surface area contributed by atoms with Crippen molar-refractivity contribution in [3.05, 3.63) is 57.5 Å². The van der Waals surface area contributed by atoms with Crippen LogP contribution in [0.3, 0.4) is 0 Å². The first kappa shape index (κ1) is 19.9. The van der Waals surface area contributed by atoms with Gasteiger partial charge in [0, 0.05) is 11.0 Å². The Kier molecular flexibility index (Phi) is 6.03. The number of hydrogen-bond acceptors (Lipinski definition) is 3. The van der Waals surface area contributed by atoms with E-state index in [9.17, 15) is 9.59 Å². The van der Waals surface area contributed by atoms with Crippen molar-refractivity contribution in [3.63, 3.8) is 0 Å². The Labute approximate surface area is 159 Å². The highest BCUT2D eigenvalue weighted by atomic mass is 32.1. The number of benzene rings is 1. The second-order valence-corrected chi connectivity index (χ2v) is 8.48. The summed E-state index contributed by atoms with van der Waals surface area (Å²) in [5, 5.41) is 3.30. The zero-order chi connectivity index (χ0) is 19.5. The fourth-order valence-corrected chi connectivity index (χ4v) is 3.93. The summed E-state index contributed by atoms with van der Waals surface area (Å²) in [6, 6.07) is 8.12. The SMILES string of the molecule is CCc1c(C)sc(NC(=O)/C=C/c2ccc(C(C)(C)C)cc2)c1C(N)=O. The fraction of sp³-hybridized carbons (Fsp3) is 0.333. The van der Waals surface area contributed by atoms with Gasteiger partial charge in [-0.3, -0.25) is 9.59 Å². The summed E-state index contributed by atoms with van der Waals surface area (Å²) in [7, 11) is 0. The average Bonchev–Trinajstić information content (AvgIpc) is 2.87. The Bertz CT molecular complexity index is 840. The number of aryl methyl sites for hydroxylation is 1. The van der Waals surface area contributed by atoms with Gasteiger partial charge in [0.15, 0.2) is 0 Å². The van der Waals surface area contributed by atoms with Crippen molar-refractivity contribution in [1.29, 1.82) is 0 Å². The van der Waals surface area contributed by atoms with Gasteiger partial charge in [0.1, 0.15) is 5.00 Å². The summed E-state index contributed by atoms with van der Waals surface area (Å²) in [4.78, 5) is 25.0. The van der Waals surface area contributed by atoms with Crippen LogP contribution in [0.5, 0.6) is 0 Å². The number of nitrogens with two attached hydrogens (primary N) is 1. The molecule has 0 bridgehead atoms. The van der Waals surface area contributed by atoms with Gasteiger partial charge in [0.25, 0.3) is 5.91 Å². The van der Waals surface area contributed by atoms with E-state index in [0.29, 0.717) is 17.0 Å². The summed E-state index contributed by atoms with van der Waals surface area (Å²) in [6.07, 6.45) is 3.93. The smallest absolute Gasteiger partial charge is 0.251 e. The molecule has 1 heterocycles. The van der Waals surface area contributed by atoms with Gasteiger partial charge < -0.3 is 11.1 Å². The molecule has 2 rings (SSSR count).